The van der Waals surface area contributed by atoms with E-state index in [1.165, 1.54) is 19.2 Å². The fraction of sp³-hybridized carbons (Fsp3) is 0.500. The van der Waals surface area contributed by atoms with Gasteiger partial charge in [0.15, 0.2) is 11.5 Å². The van der Waals surface area contributed by atoms with E-state index in [9.17, 15) is 20.1 Å². The molecule has 6 nitrogen and oxygen atoms in total. The molecule has 2 fully saturated rings. The second-order valence-corrected chi connectivity index (χ2v) is 9.23. The predicted octanol–water partition coefficient (Wildman–Crippen LogP) is 4.26. The Kier molecular flexibility index (Phi) is 3.15. The Morgan fingerprint density at radius 1 is 1.25 bits per heavy atom. The van der Waals surface area contributed by atoms with Gasteiger partial charge in [0.05, 0.1) is 7.11 Å². The number of benzene rings is 2. The van der Waals surface area contributed by atoms with Crippen LogP contribution in [-0.4, -0.2) is 34.0 Å². The second kappa shape index (κ2) is 5.04. The summed E-state index contributed by atoms with van der Waals surface area (Å²) in [4.78, 5) is 11.7. The zero-order chi connectivity index (χ0) is 20.2. The highest BCUT2D eigenvalue weighted by atomic mass is 16.5. The van der Waals surface area contributed by atoms with Gasteiger partial charge in [0.2, 0.25) is 0 Å². The molecule has 4 atom stereocenters. The minimum atomic E-state index is -1.23. The molecular formula is C22H24O6. The van der Waals surface area contributed by atoms with Crippen LogP contribution >= 0.6 is 0 Å². The normalized spacial score (nSPS) is 31.5. The molecule has 2 aliphatic carbocycles. The molecule has 1 heterocycles. The zero-order valence-electron chi connectivity index (χ0n) is 16.4. The number of methoxy groups -OCH3 is 1. The van der Waals surface area contributed by atoms with Gasteiger partial charge in [-0.05, 0) is 43.2 Å². The van der Waals surface area contributed by atoms with Crippen molar-refractivity contribution in [2.24, 2.45) is 17.3 Å². The number of carboxylic acids is 1. The van der Waals surface area contributed by atoms with Gasteiger partial charge in [-0.3, -0.25) is 0 Å². The molecule has 148 valence electrons. The number of rotatable bonds is 2. The maximum absolute atomic E-state index is 11.7. The molecule has 2 aromatic rings. The zero-order valence-corrected chi connectivity index (χ0v) is 16.4. The summed E-state index contributed by atoms with van der Waals surface area (Å²) in [6.45, 7) is 6.52. The van der Waals surface area contributed by atoms with Crippen LogP contribution in [0.15, 0.2) is 12.1 Å². The van der Waals surface area contributed by atoms with E-state index >= 15 is 0 Å². The Balaban J connectivity index is 1.92. The fourth-order valence-electron chi connectivity index (χ4n) is 6.38. The molecule has 28 heavy (non-hydrogen) atoms. The third kappa shape index (κ3) is 1.81. The van der Waals surface area contributed by atoms with E-state index in [0.717, 1.165) is 12.8 Å². The average Bonchev–Trinajstić information content (AvgIpc) is 2.96. The Morgan fingerprint density at radius 2 is 1.96 bits per heavy atom. The summed E-state index contributed by atoms with van der Waals surface area (Å²) in [6.07, 6.45) is 1.98. The van der Waals surface area contributed by atoms with Crippen molar-refractivity contribution in [1.82, 2.24) is 0 Å². The second-order valence-electron chi connectivity index (χ2n) is 9.23. The van der Waals surface area contributed by atoms with Gasteiger partial charge in [-0.25, -0.2) is 4.79 Å². The van der Waals surface area contributed by atoms with Crippen LogP contribution in [0.25, 0.3) is 10.8 Å². The van der Waals surface area contributed by atoms with Crippen molar-refractivity contribution in [3.8, 4) is 23.0 Å². The van der Waals surface area contributed by atoms with Gasteiger partial charge < -0.3 is 24.8 Å². The van der Waals surface area contributed by atoms with E-state index < -0.39 is 5.97 Å². The highest BCUT2D eigenvalue weighted by molar-refractivity contribution is 6.06. The molecule has 0 amide bonds. The molecular weight excluding hydrogens is 360 g/mol. The molecule has 2 saturated carbocycles. The molecule has 1 aliphatic heterocycles. The number of carbonyl (C=O) groups is 1. The van der Waals surface area contributed by atoms with E-state index in [1.54, 1.807) is 0 Å². The molecule has 3 aliphatic rings. The predicted molar refractivity (Wildman–Crippen MR) is 103 cm³/mol. The molecule has 3 N–H and O–H groups in total. The first-order valence-electron chi connectivity index (χ1n) is 9.63. The largest absolute Gasteiger partial charge is 0.506 e. The van der Waals surface area contributed by atoms with Crippen LogP contribution < -0.4 is 9.47 Å². The Morgan fingerprint density at radius 3 is 2.61 bits per heavy atom. The van der Waals surface area contributed by atoms with Crippen LogP contribution in [0, 0.1) is 17.3 Å². The number of ether oxygens (including phenoxy) is 2. The summed E-state index contributed by atoms with van der Waals surface area (Å²) < 4.78 is 11.8. The first kappa shape index (κ1) is 17.5. The van der Waals surface area contributed by atoms with Crippen molar-refractivity contribution in [3.05, 3.63) is 23.3 Å². The maximum Gasteiger partial charge on any atom is 0.339 e. The van der Waals surface area contributed by atoms with Crippen molar-refractivity contribution >= 4 is 16.7 Å². The number of aromatic hydroxyl groups is 2. The summed E-state index contributed by atoms with van der Waals surface area (Å²) >= 11 is 0. The van der Waals surface area contributed by atoms with Gasteiger partial charge in [0.25, 0.3) is 0 Å². The van der Waals surface area contributed by atoms with E-state index in [4.69, 9.17) is 9.47 Å². The van der Waals surface area contributed by atoms with Crippen molar-refractivity contribution < 1.29 is 29.6 Å². The fourth-order valence-corrected chi connectivity index (χ4v) is 6.38. The van der Waals surface area contributed by atoms with Gasteiger partial charge in [-0.2, -0.15) is 0 Å². The number of phenols is 2. The molecule has 0 saturated heterocycles. The molecule has 6 heteroatoms. The smallest absolute Gasteiger partial charge is 0.339 e. The lowest BCUT2D eigenvalue weighted by Crippen LogP contribution is -2.59. The lowest BCUT2D eigenvalue weighted by molar-refractivity contribution is -0.120. The molecule has 2 aromatic carbocycles. The topological polar surface area (TPSA) is 96.2 Å². The quantitative estimate of drug-likeness (QED) is 0.716. The summed E-state index contributed by atoms with van der Waals surface area (Å²) in [6, 6.07) is 2.80. The van der Waals surface area contributed by atoms with Gasteiger partial charge >= 0.3 is 5.97 Å². The first-order chi connectivity index (χ1) is 13.1. The average molecular weight is 384 g/mol. The standard InChI is InChI=1S/C22H24O6/c1-21(2)11-5-6-22(3)16(11)17(21)15-14-9(7-12(23)19(15)28-22)13(27-4)8-10(18(14)24)20(25)26/h7-8,11,16-17,23-24H,5-6H2,1-4H3,(H,25,26)/t11-,16+,17+,22+/m1/s1. The highest BCUT2D eigenvalue weighted by Crippen LogP contribution is 2.75. The van der Waals surface area contributed by atoms with Gasteiger partial charge in [0, 0.05) is 28.2 Å². The van der Waals surface area contributed by atoms with E-state index in [1.807, 2.05) is 0 Å². The van der Waals surface area contributed by atoms with Crippen LogP contribution in [0.1, 0.15) is 55.5 Å². The van der Waals surface area contributed by atoms with Crippen molar-refractivity contribution in [2.75, 3.05) is 7.11 Å². The lowest BCUT2D eigenvalue weighted by Gasteiger charge is -2.62. The molecule has 0 radical (unpaired) electrons. The highest BCUT2D eigenvalue weighted by Gasteiger charge is 2.69. The minimum absolute atomic E-state index is 0.00546. The van der Waals surface area contributed by atoms with Crippen LogP contribution in [0.4, 0.5) is 0 Å². The summed E-state index contributed by atoms with van der Waals surface area (Å²) in [5, 5.41) is 32.2. The molecule has 5 rings (SSSR count). The molecule has 0 unspecified atom stereocenters. The summed E-state index contributed by atoms with van der Waals surface area (Å²) in [7, 11) is 1.45. The number of fused-ring (bicyclic) bond motifs is 4. The number of carboxylic acid groups (broad SMARTS) is 1. The van der Waals surface area contributed by atoms with Crippen LogP contribution in [0.3, 0.4) is 0 Å². The van der Waals surface area contributed by atoms with Crippen LogP contribution in [0.2, 0.25) is 0 Å². The minimum Gasteiger partial charge on any atom is -0.506 e. The summed E-state index contributed by atoms with van der Waals surface area (Å²) in [5.74, 6) is -0.0336. The lowest BCUT2D eigenvalue weighted by atomic mass is 9.44. The number of phenolic OH excluding ortho intramolecular Hbond substituents is 1. The summed E-state index contributed by atoms with van der Waals surface area (Å²) in [5.41, 5.74) is 0.0958. The first-order valence-corrected chi connectivity index (χ1v) is 9.63. The van der Waals surface area contributed by atoms with Crippen LogP contribution in [0.5, 0.6) is 23.0 Å². The van der Waals surface area contributed by atoms with Crippen molar-refractivity contribution in [3.63, 3.8) is 0 Å². The number of hydrogen-bond donors (Lipinski definition) is 3. The Hall–Kier alpha value is -2.63. The monoisotopic (exact) mass is 384 g/mol. The van der Waals surface area contributed by atoms with Crippen molar-refractivity contribution in [2.45, 2.75) is 45.1 Å². The van der Waals surface area contributed by atoms with E-state index in [0.29, 0.717) is 33.8 Å². The van der Waals surface area contributed by atoms with Gasteiger partial charge in [-0.15, -0.1) is 0 Å². The van der Waals surface area contributed by atoms with Gasteiger partial charge in [-0.1, -0.05) is 13.8 Å². The Labute approximate surface area is 162 Å². The van der Waals surface area contributed by atoms with Crippen molar-refractivity contribution in [1.29, 1.82) is 0 Å². The van der Waals surface area contributed by atoms with Gasteiger partial charge in [0.1, 0.15) is 22.7 Å². The molecule has 0 aromatic heterocycles. The molecule has 0 spiro atoms. The third-order valence-corrected chi connectivity index (χ3v) is 7.63. The SMILES string of the molecule is COc1cc(C(=O)O)c(O)c2c3c(c(O)cc12)O[C@@]1(C)CC[C@@H]2[C@H]1[C@H]3C2(C)C. The maximum atomic E-state index is 11.7. The number of aromatic carboxylic acids is 1. The van der Waals surface area contributed by atoms with E-state index in [-0.39, 0.29) is 39.9 Å². The third-order valence-electron chi connectivity index (χ3n) is 7.63. The Bertz CT molecular complexity index is 1060. The van der Waals surface area contributed by atoms with Crippen LogP contribution in [-0.2, 0) is 0 Å². The number of hydrogen-bond acceptors (Lipinski definition) is 5. The molecule has 0 bridgehead atoms. The van der Waals surface area contributed by atoms with E-state index in [2.05, 4.69) is 20.8 Å².